The maximum Gasteiger partial charge on any atom is 0.200 e. The largest absolute Gasteiger partial charge is 0.507 e. The molecular formula is C17H15N3OS. The Morgan fingerprint density at radius 3 is 2.41 bits per heavy atom. The number of aromatic nitrogens is 3. The fourth-order valence-corrected chi connectivity index (χ4v) is 2.82. The molecule has 0 saturated heterocycles. The summed E-state index contributed by atoms with van der Waals surface area (Å²) in [5, 5.41) is 19.4. The van der Waals surface area contributed by atoms with E-state index < -0.39 is 0 Å². The number of phenolic OH excluding ortho intramolecular Hbond substituents is 1. The molecule has 1 aromatic heterocycles. The lowest BCUT2D eigenvalue weighted by Crippen LogP contribution is -1.99. The van der Waals surface area contributed by atoms with E-state index in [0.717, 1.165) is 15.7 Å². The summed E-state index contributed by atoms with van der Waals surface area (Å²) in [6.07, 6.45) is 0. The van der Waals surface area contributed by atoms with E-state index in [1.807, 2.05) is 54.0 Å². The lowest BCUT2D eigenvalue weighted by Gasteiger charge is -2.10. The van der Waals surface area contributed by atoms with E-state index >= 15 is 0 Å². The minimum absolute atomic E-state index is 0.180. The molecule has 1 heterocycles. The standard InChI is InChI=1S/C17H15N3OS/c1-12(2)22-17-19-18-16(14-10-6-7-11-15(14)21)20(17)13-8-4-3-5-9-13/h3-11,21H,1H2,2H3. The molecule has 22 heavy (non-hydrogen) atoms. The van der Waals surface area contributed by atoms with E-state index in [1.54, 1.807) is 12.1 Å². The van der Waals surface area contributed by atoms with E-state index in [2.05, 4.69) is 16.8 Å². The summed E-state index contributed by atoms with van der Waals surface area (Å²) >= 11 is 1.45. The van der Waals surface area contributed by atoms with Gasteiger partial charge in [0.05, 0.1) is 5.56 Å². The van der Waals surface area contributed by atoms with Gasteiger partial charge in [0.25, 0.3) is 0 Å². The van der Waals surface area contributed by atoms with Gasteiger partial charge in [-0.15, -0.1) is 10.2 Å². The van der Waals surface area contributed by atoms with Crippen LogP contribution in [-0.2, 0) is 0 Å². The number of thioether (sulfide) groups is 1. The predicted octanol–water partition coefficient (Wildman–Crippen LogP) is 4.27. The zero-order valence-electron chi connectivity index (χ0n) is 12.1. The van der Waals surface area contributed by atoms with Crippen molar-refractivity contribution in [2.45, 2.75) is 12.1 Å². The molecule has 3 rings (SSSR count). The second-order valence-corrected chi connectivity index (χ2v) is 6.06. The summed E-state index contributed by atoms with van der Waals surface area (Å²) in [6.45, 7) is 5.84. The van der Waals surface area contributed by atoms with Gasteiger partial charge in [-0.1, -0.05) is 48.7 Å². The van der Waals surface area contributed by atoms with E-state index in [9.17, 15) is 5.11 Å². The highest BCUT2D eigenvalue weighted by Crippen LogP contribution is 2.34. The number of para-hydroxylation sites is 2. The molecule has 0 unspecified atom stereocenters. The Morgan fingerprint density at radius 1 is 1.05 bits per heavy atom. The highest BCUT2D eigenvalue weighted by atomic mass is 32.2. The van der Waals surface area contributed by atoms with Crippen LogP contribution in [0, 0.1) is 0 Å². The van der Waals surface area contributed by atoms with Crippen LogP contribution in [0.2, 0.25) is 0 Å². The lowest BCUT2D eigenvalue weighted by atomic mass is 10.2. The maximum absolute atomic E-state index is 10.1. The number of allylic oxidation sites excluding steroid dienone is 1. The molecule has 1 N–H and O–H groups in total. The average molecular weight is 309 g/mol. The second kappa shape index (κ2) is 6.07. The van der Waals surface area contributed by atoms with Gasteiger partial charge in [0, 0.05) is 5.69 Å². The highest BCUT2D eigenvalue weighted by molar-refractivity contribution is 8.02. The Morgan fingerprint density at radius 2 is 1.73 bits per heavy atom. The van der Waals surface area contributed by atoms with Crippen LogP contribution in [0.3, 0.4) is 0 Å². The molecule has 0 fully saturated rings. The van der Waals surface area contributed by atoms with Crippen molar-refractivity contribution < 1.29 is 5.11 Å². The van der Waals surface area contributed by atoms with Crippen molar-refractivity contribution in [3.05, 3.63) is 66.1 Å². The summed E-state index contributed by atoms with van der Waals surface area (Å²) in [7, 11) is 0. The van der Waals surface area contributed by atoms with Crippen molar-refractivity contribution in [3.8, 4) is 22.8 Å². The Balaban J connectivity index is 2.22. The fraction of sp³-hybridized carbons (Fsp3) is 0.0588. The molecule has 0 atom stereocenters. The minimum Gasteiger partial charge on any atom is -0.507 e. The summed E-state index contributed by atoms with van der Waals surface area (Å²) in [5.74, 6) is 0.784. The van der Waals surface area contributed by atoms with Gasteiger partial charge >= 0.3 is 0 Å². The van der Waals surface area contributed by atoms with Gasteiger partial charge in [0.2, 0.25) is 5.16 Å². The second-order valence-electron chi connectivity index (χ2n) is 4.80. The first-order valence-corrected chi connectivity index (χ1v) is 7.61. The van der Waals surface area contributed by atoms with Gasteiger partial charge < -0.3 is 5.11 Å². The number of phenols is 1. The quantitative estimate of drug-likeness (QED) is 0.731. The lowest BCUT2D eigenvalue weighted by molar-refractivity contribution is 0.476. The highest BCUT2D eigenvalue weighted by Gasteiger charge is 2.18. The number of rotatable bonds is 4. The Kier molecular flexibility index (Phi) is 3.98. The summed E-state index contributed by atoms with van der Waals surface area (Å²) in [4.78, 5) is 0.924. The van der Waals surface area contributed by atoms with E-state index in [-0.39, 0.29) is 5.75 Å². The van der Waals surface area contributed by atoms with Crippen LogP contribution in [-0.4, -0.2) is 19.9 Å². The molecule has 0 aliphatic heterocycles. The monoisotopic (exact) mass is 309 g/mol. The third kappa shape index (κ3) is 2.76. The molecule has 110 valence electrons. The fourth-order valence-electron chi connectivity index (χ4n) is 2.14. The topological polar surface area (TPSA) is 50.9 Å². The van der Waals surface area contributed by atoms with Crippen molar-refractivity contribution in [1.29, 1.82) is 0 Å². The maximum atomic E-state index is 10.1. The molecule has 0 amide bonds. The molecular weight excluding hydrogens is 294 g/mol. The molecule has 0 radical (unpaired) electrons. The van der Waals surface area contributed by atoms with Crippen LogP contribution in [0.1, 0.15) is 6.92 Å². The van der Waals surface area contributed by atoms with E-state index in [0.29, 0.717) is 11.4 Å². The molecule has 0 spiro atoms. The Bertz CT molecular complexity index is 812. The Labute approximate surface area is 133 Å². The van der Waals surface area contributed by atoms with Gasteiger partial charge in [0.15, 0.2) is 5.82 Å². The first-order chi connectivity index (χ1) is 10.7. The molecule has 0 aliphatic rings. The van der Waals surface area contributed by atoms with Crippen molar-refractivity contribution in [1.82, 2.24) is 14.8 Å². The van der Waals surface area contributed by atoms with Crippen LogP contribution in [0.25, 0.3) is 17.1 Å². The van der Waals surface area contributed by atoms with E-state index in [1.165, 1.54) is 11.8 Å². The van der Waals surface area contributed by atoms with Crippen LogP contribution in [0.5, 0.6) is 5.75 Å². The predicted molar refractivity (Wildman–Crippen MR) is 89.1 cm³/mol. The van der Waals surface area contributed by atoms with E-state index in [4.69, 9.17) is 0 Å². The zero-order valence-corrected chi connectivity index (χ0v) is 12.9. The number of hydrogen-bond donors (Lipinski definition) is 1. The first kappa shape index (κ1) is 14.4. The van der Waals surface area contributed by atoms with Gasteiger partial charge in [-0.3, -0.25) is 4.57 Å². The van der Waals surface area contributed by atoms with Gasteiger partial charge in [-0.2, -0.15) is 0 Å². The number of hydrogen-bond acceptors (Lipinski definition) is 4. The summed E-state index contributed by atoms with van der Waals surface area (Å²) < 4.78 is 1.92. The molecule has 5 heteroatoms. The van der Waals surface area contributed by atoms with Crippen LogP contribution in [0.15, 0.2) is 71.2 Å². The average Bonchev–Trinajstić information content (AvgIpc) is 2.91. The van der Waals surface area contributed by atoms with Crippen molar-refractivity contribution in [2.24, 2.45) is 0 Å². The number of benzene rings is 2. The third-order valence-electron chi connectivity index (χ3n) is 3.06. The minimum atomic E-state index is 0.180. The van der Waals surface area contributed by atoms with Crippen LogP contribution >= 0.6 is 11.8 Å². The molecule has 4 nitrogen and oxygen atoms in total. The van der Waals surface area contributed by atoms with Crippen molar-refractivity contribution in [3.63, 3.8) is 0 Å². The van der Waals surface area contributed by atoms with Gasteiger partial charge in [-0.25, -0.2) is 0 Å². The van der Waals surface area contributed by atoms with Crippen molar-refractivity contribution in [2.75, 3.05) is 0 Å². The zero-order chi connectivity index (χ0) is 15.5. The molecule has 3 aromatic rings. The molecule has 0 bridgehead atoms. The third-order valence-corrected chi connectivity index (χ3v) is 3.85. The molecule has 2 aromatic carbocycles. The SMILES string of the molecule is C=C(C)Sc1nnc(-c2ccccc2O)n1-c1ccccc1. The summed E-state index contributed by atoms with van der Waals surface area (Å²) in [6, 6.07) is 17.0. The Hall–Kier alpha value is -2.53. The van der Waals surface area contributed by atoms with Crippen LogP contribution < -0.4 is 0 Å². The molecule has 0 saturated carbocycles. The summed E-state index contributed by atoms with van der Waals surface area (Å²) in [5.41, 5.74) is 1.59. The van der Waals surface area contributed by atoms with Gasteiger partial charge in [0.1, 0.15) is 5.75 Å². The van der Waals surface area contributed by atoms with Crippen molar-refractivity contribution >= 4 is 11.8 Å². The smallest absolute Gasteiger partial charge is 0.200 e. The normalized spacial score (nSPS) is 10.6. The number of nitrogens with zero attached hydrogens (tertiary/aromatic N) is 3. The molecule has 0 aliphatic carbocycles. The van der Waals surface area contributed by atoms with Gasteiger partial charge in [-0.05, 0) is 36.1 Å². The first-order valence-electron chi connectivity index (χ1n) is 6.79. The van der Waals surface area contributed by atoms with Crippen LogP contribution in [0.4, 0.5) is 0 Å². The number of aromatic hydroxyl groups is 1.